The summed E-state index contributed by atoms with van der Waals surface area (Å²) in [6, 6.07) is 7.73. The number of hydrogen-bond donors (Lipinski definition) is 1. The van der Waals surface area contributed by atoms with Crippen LogP contribution >= 0.6 is 22.9 Å². The van der Waals surface area contributed by atoms with Crippen molar-refractivity contribution in [3.63, 3.8) is 0 Å². The van der Waals surface area contributed by atoms with Crippen molar-refractivity contribution in [2.24, 2.45) is 5.73 Å². The van der Waals surface area contributed by atoms with E-state index in [1.807, 2.05) is 38.1 Å². The monoisotopic (exact) mass is 252 g/mol. The summed E-state index contributed by atoms with van der Waals surface area (Å²) in [4.78, 5) is 5.49. The van der Waals surface area contributed by atoms with Gasteiger partial charge in [-0.2, -0.15) is 0 Å². The lowest BCUT2D eigenvalue weighted by molar-refractivity contribution is 0.862. The van der Waals surface area contributed by atoms with Crippen LogP contribution < -0.4 is 5.73 Å². The lowest BCUT2D eigenvalue weighted by atomic mass is 10.0. The maximum atomic E-state index is 6.19. The molecule has 0 saturated carbocycles. The molecule has 2 rings (SSSR count). The van der Waals surface area contributed by atoms with Crippen molar-refractivity contribution in [2.45, 2.75) is 19.9 Å². The van der Waals surface area contributed by atoms with Crippen LogP contribution in [0.5, 0.6) is 0 Å². The van der Waals surface area contributed by atoms with Gasteiger partial charge in [0.25, 0.3) is 0 Å². The minimum atomic E-state index is -0.134. The molecule has 1 atom stereocenters. The van der Waals surface area contributed by atoms with Gasteiger partial charge in [0, 0.05) is 16.3 Å². The summed E-state index contributed by atoms with van der Waals surface area (Å²) in [5, 5.41) is 0. The summed E-state index contributed by atoms with van der Waals surface area (Å²) in [5.41, 5.74) is 9.25. The average molecular weight is 253 g/mol. The molecule has 2 N–H and O–H groups in total. The third kappa shape index (κ3) is 2.26. The molecule has 1 unspecified atom stereocenters. The molecular weight excluding hydrogens is 240 g/mol. The fourth-order valence-corrected chi connectivity index (χ4v) is 2.76. The summed E-state index contributed by atoms with van der Waals surface area (Å²) in [7, 11) is 0. The van der Waals surface area contributed by atoms with Gasteiger partial charge in [-0.1, -0.05) is 17.7 Å². The van der Waals surface area contributed by atoms with Crippen LogP contribution in [0.25, 0.3) is 0 Å². The van der Waals surface area contributed by atoms with Crippen LogP contribution in [-0.2, 0) is 0 Å². The molecule has 0 saturated heterocycles. The Kier molecular flexibility index (Phi) is 3.28. The number of pyridine rings is 1. The van der Waals surface area contributed by atoms with Gasteiger partial charge in [0.1, 0.15) is 0 Å². The summed E-state index contributed by atoms with van der Waals surface area (Å²) < 4.78 is 0.767. The highest BCUT2D eigenvalue weighted by molar-refractivity contribution is 7.16. The Hall–Kier alpha value is -0.900. The molecule has 0 spiro atoms. The van der Waals surface area contributed by atoms with Crippen molar-refractivity contribution in [1.82, 2.24) is 4.98 Å². The zero-order chi connectivity index (χ0) is 11.7. The highest BCUT2D eigenvalue weighted by Crippen LogP contribution is 2.30. The molecule has 0 aromatic carbocycles. The first kappa shape index (κ1) is 11.6. The van der Waals surface area contributed by atoms with Crippen LogP contribution in [0.3, 0.4) is 0 Å². The molecule has 2 nitrogen and oxygen atoms in total. The Balaban J connectivity index is 2.37. The van der Waals surface area contributed by atoms with E-state index in [1.54, 1.807) is 0 Å². The van der Waals surface area contributed by atoms with Crippen molar-refractivity contribution >= 4 is 22.9 Å². The van der Waals surface area contributed by atoms with E-state index in [9.17, 15) is 0 Å². The Labute approximate surface area is 104 Å². The Morgan fingerprint density at radius 3 is 2.56 bits per heavy atom. The van der Waals surface area contributed by atoms with E-state index in [0.717, 1.165) is 26.2 Å². The van der Waals surface area contributed by atoms with E-state index < -0.39 is 0 Å². The normalized spacial score (nSPS) is 12.8. The van der Waals surface area contributed by atoms with Gasteiger partial charge in [0.2, 0.25) is 0 Å². The zero-order valence-electron chi connectivity index (χ0n) is 9.20. The number of thiophene rings is 1. The molecule has 2 aromatic heterocycles. The Bertz CT molecular complexity index is 507. The molecular formula is C12H13ClN2S. The van der Waals surface area contributed by atoms with Gasteiger partial charge in [-0.05, 0) is 37.6 Å². The van der Waals surface area contributed by atoms with Gasteiger partial charge >= 0.3 is 0 Å². The fraction of sp³-hybridized carbons (Fsp3) is 0.250. The quantitative estimate of drug-likeness (QED) is 0.889. The molecule has 2 aromatic rings. The van der Waals surface area contributed by atoms with Crippen LogP contribution in [-0.4, -0.2) is 4.98 Å². The topological polar surface area (TPSA) is 38.9 Å². The van der Waals surface area contributed by atoms with Gasteiger partial charge < -0.3 is 5.73 Å². The summed E-state index contributed by atoms with van der Waals surface area (Å²) in [6.07, 6.45) is 0. The van der Waals surface area contributed by atoms with E-state index >= 15 is 0 Å². The molecule has 0 aliphatic rings. The maximum absolute atomic E-state index is 6.19. The summed E-state index contributed by atoms with van der Waals surface area (Å²) in [6.45, 7) is 3.96. The first-order chi connectivity index (χ1) is 7.58. The highest BCUT2D eigenvalue weighted by atomic mass is 35.5. The lowest BCUT2D eigenvalue weighted by Crippen LogP contribution is -2.12. The van der Waals surface area contributed by atoms with Crippen molar-refractivity contribution < 1.29 is 0 Å². The second kappa shape index (κ2) is 4.53. The number of aromatic nitrogens is 1. The number of hydrogen-bond acceptors (Lipinski definition) is 3. The number of halogens is 1. The largest absolute Gasteiger partial charge is 0.320 e. The second-order valence-electron chi connectivity index (χ2n) is 3.75. The van der Waals surface area contributed by atoms with E-state index in [-0.39, 0.29) is 6.04 Å². The molecule has 2 heterocycles. The second-order valence-corrected chi connectivity index (χ2v) is 5.49. The zero-order valence-corrected chi connectivity index (χ0v) is 10.8. The van der Waals surface area contributed by atoms with Crippen LogP contribution in [0.4, 0.5) is 0 Å². The Morgan fingerprint density at radius 1 is 1.25 bits per heavy atom. The first-order valence-corrected chi connectivity index (χ1v) is 6.22. The summed E-state index contributed by atoms with van der Waals surface area (Å²) in [5.74, 6) is 0. The standard InChI is InChI=1S/C12H13ClN2S/c1-7-3-4-9(8(2)15-7)12(14)10-5-6-11(13)16-10/h3-6,12H,14H2,1-2H3. The molecule has 0 radical (unpaired) electrons. The Morgan fingerprint density at radius 2 is 2.00 bits per heavy atom. The van der Waals surface area contributed by atoms with Gasteiger partial charge in [-0.15, -0.1) is 11.3 Å². The molecule has 0 bridgehead atoms. The molecule has 16 heavy (non-hydrogen) atoms. The first-order valence-electron chi connectivity index (χ1n) is 5.03. The van der Waals surface area contributed by atoms with Gasteiger partial charge in [0.15, 0.2) is 0 Å². The van der Waals surface area contributed by atoms with Crippen LogP contribution in [0.2, 0.25) is 4.34 Å². The predicted molar refractivity (Wildman–Crippen MR) is 69.1 cm³/mol. The maximum Gasteiger partial charge on any atom is 0.0931 e. The average Bonchev–Trinajstić information content (AvgIpc) is 2.64. The van der Waals surface area contributed by atoms with Crippen LogP contribution in [0, 0.1) is 13.8 Å². The third-order valence-electron chi connectivity index (χ3n) is 2.50. The molecule has 0 amide bonds. The third-order valence-corrected chi connectivity index (χ3v) is 3.82. The lowest BCUT2D eigenvalue weighted by Gasteiger charge is -2.12. The molecule has 84 valence electrons. The number of nitrogens with two attached hydrogens (primary N) is 1. The van der Waals surface area contributed by atoms with E-state index in [2.05, 4.69) is 4.98 Å². The SMILES string of the molecule is Cc1ccc(C(N)c2ccc(Cl)s2)c(C)n1. The molecule has 0 fully saturated rings. The molecule has 0 aliphatic carbocycles. The van der Waals surface area contributed by atoms with Crippen molar-refractivity contribution in [3.8, 4) is 0 Å². The minimum absolute atomic E-state index is 0.134. The van der Waals surface area contributed by atoms with Crippen molar-refractivity contribution in [1.29, 1.82) is 0 Å². The predicted octanol–water partition coefficient (Wildman–Crippen LogP) is 3.46. The number of aryl methyl sites for hydroxylation is 2. The van der Waals surface area contributed by atoms with E-state index in [4.69, 9.17) is 17.3 Å². The number of nitrogens with zero attached hydrogens (tertiary/aromatic N) is 1. The van der Waals surface area contributed by atoms with Gasteiger partial charge in [-0.3, -0.25) is 4.98 Å². The van der Waals surface area contributed by atoms with E-state index in [1.165, 1.54) is 11.3 Å². The summed E-state index contributed by atoms with van der Waals surface area (Å²) >= 11 is 7.42. The van der Waals surface area contributed by atoms with Crippen LogP contribution in [0.1, 0.15) is 27.9 Å². The smallest absolute Gasteiger partial charge is 0.0931 e. The van der Waals surface area contributed by atoms with Gasteiger partial charge in [0.05, 0.1) is 10.4 Å². The van der Waals surface area contributed by atoms with Crippen molar-refractivity contribution in [2.75, 3.05) is 0 Å². The van der Waals surface area contributed by atoms with Crippen LogP contribution in [0.15, 0.2) is 24.3 Å². The molecule has 4 heteroatoms. The fourth-order valence-electron chi connectivity index (χ4n) is 1.67. The highest BCUT2D eigenvalue weighted by Gasteiger charge is 2.14. The van der Waals surface area contributed by atoms with Crippen molar-refractivity contribution in [3.05, 3.63) is 50.4 Å². The van der Waals surface area contributed by atoms with E-state index in [0.29, 0.717) is 0 Å². The van der Waals surface area contributed by atoms with Gasteiger partial charge in [-0.25, -0.2) is 0 Å². The minimum Gasteiger partial charge on any atom is -0.320 e. The molecule has 0 aliphatic heterocycles. The number of rotatable bonds is 2.